The van der Waals surface area contributed by atoms with Crippen LogP contribution in [0.4, 0.5) is 0 Å². The minimum Gasteiger partial charge on any atom is -0.465 e. The normalized spacial score (nSPS) is 22.9. The molecule has 0 saturated heterocycles. The molecule has 0 bridgehead atoms. The molecule has 0 spiro atoms. The molecule has 1 N–H and O–H groups in total. The molecule has 0 fully saturated rings. The Labute approximate surface area is 95.0 Å². The molecule has 1 aromatic rings. The van der Waals surface area contributed by atoms with Crippen LogP contribution < -0.4 is 0 Å². The highest BCUT2D eigenvalue weighted by Crippen LogP contribution is 2.39. The molecular weight excluding hydrogens is 204 g/mol. The van der Waals surface area contributed by atoms with E-state index >= 15 is 0 Å². The molecule has 0 saturated carbocycles. The SMILES string of the molecule is CCOC(=O)C1(CO)CCc2ccccc21. The predicted molar refractivity (Wildman–Crippen MR) is 60.2 cm³/mol. The number of carbonyl (C=O) groups is 1. The van der Waals surface area contributed by atoms with Crippen LogP contribution in [0.5, 0.6) is 0 Å². The van der Waals surface area contributed by atoms with Crippen molar-refractivity contribution in [2.45, 2.75) is 25.2 Å². The van der Waals surface area contributed by atoms with E-state index in [1.165, 1.54) is 0 Å². The number of rotatable bonds is 3. The Morgan fingerprint density at radius 1 is 1.50 bits per heavy atom. The first-order valence-corrected chi connectivity index (χ1v) is 5.61. The van der Waals surface area contributed by atoms with Gasteiger partial charge in [0.2, 0.25) is 0 Å². The molecule has 0 aliphatic heterocycles. The van der Waals surface area contributed by atoms with Gasteiger partial charge in [0.25, 0.3) is 0 Å². The molecule has 1 aliphatic carbocycles. The number of carbonyl (C=O) groups excluding carboxylic acids is 1. The van der Waals surface area contributed by atoms with Crippen LogP contribution in [0, 0.1) is 0 Å². The molecule has 86 valence electrons. The summed E-state index contributed by atoms with van der Waals surface area (Å²) < 4.78 is 5.08. The van der Waals surface area contributed by atoms with E-state index < -0.39 is 5.41 Å². The molecule has 1 atom stereocenters. The van der Waals surface area contributed by atoms with Crippen LogP contribution >= 0.6 is 0 Å². The molecule has 0 aromatic heterocycles. The van der Waals surface area contributed by atoms with Crippen molar-refractivity contribution >= 4 is 5.97 Å². The molecule has 2 rings (SSSR count). The summed E-state index contributed by atoms with van der Waals surface area (Å²) in [6, 6.07) is 7.77. The predicted octanol–water partition coefficient (Wildman–Crippen LogP) is 1.43. The number of fused-ring (bicyclic) bond motifs is 1. The standard InChI is InChI=1S/C13H16O3/c1-2-16-12(15)13(9-14)8-7-10-5-3-4-6-11(10)13/h3-6,14H,2,7-9H2,1H3. The maximum atomic E-state index is 12.0. The van der Waals surface area contributed by atoms with Gasteiger partial charge in [0.1, 0.15) is 5.41 Å². The molecule has 3 heteroatoms. The highest BCUT2D eigenvalue weighted by atomic mass is 16.5. The van der Waals surface area contributed by atoms with Crippen molar-refractivity contribution in [3.63, 3.8) is 0 Å². The van der Waals surface area contributed by atoms with E-state index in [9.17, 15) is 9.90 Å². The lowest BCUT2D eigenvalue weighted by Crippen LogP contribution is -2.39. The number of aliphatic hydroxyl groups excluding tert-OH is 1. The third-order valence-electron chi connectivity index (χ3n) is 3.29. The lowest BCUT2D eigenvalue weighted by atomic mass is 9.83. The fraction of sp³-hybridized carbons (Fsp3) is 0.462. The number of ether oxygens (including phenoxy) is 1. The highest BCUT2D eigenvalue weighted by molar-refractivity contribution is 5.85. The molecule has 0 heterocycles. The Morgan fingerprint density at radius 2 is 2.25 bits per heavy atom. The summed E-state index contributed by atoms with van der Waals surface area (Å²) in [7, 11) is 0. The van der Waals surface area contributed by atoms with Crippen molar-refractivity contribution < 1.29 is 14.6 Å². The second-order valence-electron chi connectivity index (χ2n) is 4.12. The number of hydrogen-bond donors (Lipinski definition) is 1. The zero-order valence-corrected chi connectivity index (χ0v) is 9.40. The van der Waals surface area contributed by atoms with E-state index in [0.717, 1.165) is 17.5 Å². The van der Waals surface area contributed by atoms with Crippen molar-refractivity contribution in [1.29, 1.82) is 0 Å². The first-order chi connectivity index (χ1) is 7.74. The van der Waals surface area contributed by atoms with Crippen LogP contribution in [0.1, 0.15) is 24.5 Å². The lowest BCUT2D eigenvalue weighted by molar-refractivity contribution is -0.151. The van der Waals surface area contributed by atoms with Crippen molar-refractivity contribution in [3.8, 4) is 0 Å². The Morgan fingerprint density at radius 3 is 2.94 bits per heavy atom. The van der Waals surface area contributed by atoms with Gasteiger partial charge in [-0.3, -0.25) is 4.79 Å². The second-order valence-corrected chi connectivity index (χ2v) is 4.12. The van der Waals surface area contributed by atoms with Gasteiger partial charge < -0.3 is 9.84 Å². The summed E-state index contributed by atoms with van der Waals surface area (Å²) in [4.78, 5) is 12.0. The average molecular weight is 220 g/mol. The van der Waals surface area contributed by atoms with Crippen LogP contribution in [-0.4, -0.2) is 24.3 Å². The van der Waals surface area contributed by atoms with Gasteiger partial charge in [0.15, 0.2) is 0 Å². The summed E-state index contributed by atoms with van der Waals surface area (Å²) in [6.07, 6.45) is 1.47. The topological polar surface area (TPSA) is 46.5 Å². The van der Waals surface area contributed by atoms with Crippen LogP contribution in [0.25, 0.3) is 0 Å². The van der Waals surface area contributed by atoms with E-state index in [4.69, 9.17) is 4.74 Å². The number of aryl methyl sites for hydroxylation is 1. The van der Waals surface area contributed by atoms with Crippen molar-refractivity contribution in [3.05, 3.63) is 35.4 Å². The highest BCUT2D eigenvalue weighted by Gasteiger charge is 2.45. The number of hydrogen-bond acceptors (Lipinski definition) is 3. The van der Waals surface area contributed by atoms with E-state index in [1.807, 2.05) is 24.3 Å². The molecule has 0 amide bonds. The zero-order valence-electron chi connectivity index (χ0n) is 9.40. The summed E-state index contributed by atoms with van der Waals surface area (Å²) >= 11 is 0. The molecule has 1 unspecified atom stereocenters. The Kier molecular flexibility index (Phi) is 2.97. The summed E-state index contributed by atoms with van der Waals surface area (Å²) in [6.45, 7) is 1.95. The van der Waals surface area contributed by atoms with Crippen molar-refractivity contribution in [2.75, 3.05) is 13.2 Å². The van der Waals surface area contributed by atoms with E-state index in [0.29, 0.717) is 13.0 Å². The van der Waals surface area contributed by atoms with Crippen LogP contribution in [-0.2, 0) is 21.4 Å². The maximum absolute atomic E-state index is 12.0. The van der Waals surface area contributed by atoms with Crippen LogP contribution in [0.3, 0.4) is 0 Å². The third-order valence-corrected chi connectivity index (χ3v) is 3.29. The largest absolute Gasteiger partial charge is 0.465 e. The first kappa shape index (κ1) is 11.1. The third kappa shape index (κ3) is 1.52. The fourth-order valence-corrected chi connectivity index (χ4v) is 2.40. The smallest absolute Gasteiger partial charge is 0.318 e. The minimum absolute atomic E-state index is 0.178. The monoisotopic (exact) mass is 220 g/mol. The summed E-state index contributed by atoms with van der Waals surface area (Å²) in [5.74, 6) is -0.303. The number of esters is 1. The summed E-state index contributed by atoms with van der Waals surface area (Å²) in [5, 5.41) is 9.56. The Balaban J connectivity index is 2.41. The van der Waals surface area contributed by atoms with E-state index in [1.54, 1.807) is 6.92 Å². The molecule has 1 aromatic carbocycles. The Bertz CT molecular complexity index is 400. The van der Waals surface area contributed by atoms with Gasteiger partial charge in [0.05, 0.1) is 13.2 Å². The van der Waals surface area contributed by atoms with Gasteiger partial charge in [-0.05, 0) is 30.9 Å². The van der Waals surface area contributed by atoms with E-state index in [2.05, 4.69) is 0 Å². The second kappa shape index (κ2) is 4.26. The number of aliphatic hydroxyl groups is 1. The van der Waals surface area contributed by atoms with Gasteiger partial charge in [0, 0.05) is 0 Å². The van der Waals surface area contributed by atoms with Gasteiger partial charge in [-0.25, -0.2) is 0 Å². The van der Waals surface area contributed by atoms with Crippen molar-refractivity contribution in [2.24, 2.45) is 0 Å². The minimum atomic E-state index is -0.827. The van der Waals surface area contributed by atoms with E-state index in [-0.39, 0.29) is 12.6 Å². The zero-order chi connectivity index (χ0) is 11.6. The molecule has 16 heavy (non-hydrogen) atoms. The number of benzene rings is 1. The first-order valence-electron chi connectivity index (χ1n) is 5.61. The van der Waals surface area contributed by atoms with Crippen molar-refractivity contribution in [1.82, 2.24) is 0 Å². The molecular formula is C13H16O3. The molecule has 1 aliphatic rings. The van der Waals surface area contributed by atoms with Gasteiger partial charge in [-0.15, -0.1) is 0 Å². The van der Waals surface area contributed by atoms with Gasteiger partial charge >= 0.3 is 5.97 Å². The average Bonchev–Trinajstić information content (AvgIpc) is 2.69. The lowest BCUT2D eigenvalue weighted by Gasteiger charge is -2.25. The fourth-order valence-electron chi connectivity index (χ4n) is 2.40. The van der Waals surface area contributed by atoms with Gasteiger partial charge in [-0.2, -0.15) is 0 Å². The molecule has 0 radical (unpaired) electrons. The van der Waals surface area contributed by atoms with Gasteiger partial charge in [-0.1, -0.05) is 24.3 Å². The quantitative estimate of drug-likeness (QED) is 0.784. The van der Waals surface area contributed by atoms with Crippen LogP contribution in [0.15, 0.2) is 24.3 Å². The summed E-state index contributed by atoms with van der Waals surface area (Å²) in [5.41, 5.74) is 1.24. The van der Waals surface area contributed by atoms with Crippen LogP contribution in [0.2, 0.25) is 0 Å². The maximum Gasteiger partial charge on any atom is 0.318 e. The molecule has 3 nitrogen and oxygen atoms in total. The Hall–Kier alpha value is -1.35.